The third kappa shape index (κ3) is 4.53. The Labute approximate surface area is 126 Å². The van der Waals surface area contributed by atoms with Crippen LogP contribution in [-0.2, 0) is 4.79 Å². The highest BCUT2D eigenvalue weighted by Crippen LogP contribution is 2.33. The second-order valence-electron chi connectivity index (χ2n) is 6.98. The standard InChI is InChI=1S/C17H25FN2O/c1-17(2,3)16(13-4-6-14(18)7-5-13)20-15(21)10-12-8-9-19-11-12/h4-7,12,16,19H,8-11H2,1-3H3,(H,20,21). The molecular formula is C17H25FN2O. The second kappa shape index (κ2) is 6.56. The zero-order valence-corrected chi connectivity index (χ0v) is 13.1. The summed E-state index contributed by atoms with van der Waals surface area (Å²) in [4.78, 5) is 12.3. The molecule has 2 rings (SSSR count). The van der Waals surface area contributed by atoms with Crippen molar-refractivity contribution in [1.82, 2.24) is 10.6 Å². The van der Waals surface area contributed by atoms with E-state index in [1.165, 1.54) is 12.1 Å². The van der Waals surface area contributed by atoms with Crippen LogP contribution in [0, 0.1) is 17.2 Å². The fraction of sp³-hybridized carbons (Fsp3) is 0.588. The van der Waals surface area contributed by atoms with Crippen molar-refractivity contribution >= 4 is 5.91 Å². The van der Waals surface area contributed by atoms with E-state index >= 15 is 0 Å². The Kier molecular flexibility index (Phi) is 4.99. The summed E-state index contributed by atoms with van der Waals surface area (Å²) in [6, 6.07) is 6.29. The molecule has 0 spiro atoms. The molecule has 0 radical (unpaired) electrons. The van der Waals surface area contributed by atoms with E-state index < -0.39 is 0 Å². The summed E-state index contributed by atoms with van der Waals surface area (Å²) in [5, 5.41) is 6.41. The summed E-state index contributed by atoms with van der Waals surface area (Å²) >= 11 is 0. The minimum absolute atomic E-state index is 0.0768. The summed E-state index contributed by atoms with van der Waals surface area (Å²) in [5.74, 6) is 0.251. The highest BCUT2D eigenvalue weighted by molar-refractivity contribution is 5.76. The van der Waals surface area contributed by atoms with Gasteiger partial charge in [-0.2, -0.15) is 0 Å². The molecule has 1 aliphatic rings. The molecule has 116 valence electrons. The topological polar surface area (TPSA) is 41.1 Å². The van der Waals surface area contributed by atoms with Crippen LogP contribution in [0.1, 0.15) is 45.2 Å². The zero-order chi connectivity index (χ0) is 15.5. The summed E-state index contributed by atoms with van der Waals surface area (Å²) < 4.78 is 13.1. The molecule has 21 heavy (non-hydrogen) atoms. The molecule has 1 amide bonds. The predicted molar refractivity (Wildman–Crippen MR) is 82.3 cm³/mol. The van der Waals surface area contributed by atoms with E-state index in [9.17, 15) is 9.18 Å². The van der Waals surface area contributed by atoms with Gasteiger partial charge in [0.15, 0.2) is 0 Å². The van der Waals surface area contributed by atoms with Crippen molar-refractivity contribution < 1.29 is 9.18 Å². The van der Waals surface area contributed by atoms with Gasteiger partial charge in [0.05, 0.1) is 6.04 Å². The Morgan fingerprint density at radius 2 is 2.05 bits per heavy atom. The lowest BCUT2D eigenvalue weighted by Gasteiger charge is -2.32. The lowest BCUT2D eigenvalue weighted by molar-refractivity contribution is -0.123. The van der Waals surface area contributed by atoms with Crippen LogP contribution in [0.5, 0.6) is 0 Å². The Hall–Kier alpha value is -1.42. The van der Waals surface area contributed by atoms with E-state index in [1.54, 1.807) is 12.1 Å². The minimum Gasteiger partial charge on any atom is -0.349 e. The summed E-state index contributed by atoms with van der Waals surface area (Å²) in [6.45, 7) is 8.16. The van der Waals surface area contributed by atoms with Crippen LogP contribution in [0.15, 0.2) is 24.3 Å². The van der Waals surface area contributed by atoms with Crippen molar-refractivity contribution in [3.8, 4) is 0 Å². The van der Waals surface area contributed by atoms with Crippen LogP contribution in [-0.4, -0.2) is 19.0 Å². The van der Waals surface area contributed by atoms with Gasteiger partial charge in [-0.3, -0.25) is 4.79 Å². The summed E-state index contributed by atoms with van der Waals surface area (Å²) in [5.41, 5.74) is 0.823. The molecule has 1 heterocycles. The molecule has 3 nitrogen and oxygen atoms in total. The minimum atomic E-state index is -0.255. The van der Waals surface area contributed by atoms with Gasteiger partial charge in [-0.25, -0.2) is 4.39 Å². The van der Waals surface area contributed by atoms with Crippen LogP contribution >= 0.6 is 0 Å². The van der Waals surface area contributed by atoms with Gasteiger partial charge in [-0.1, -0.05) is 32.9 Å². The van der Waals surface area contributed by atoms with Gasteiger partial charge < -0.3 is 10.6 Å². The van der Waals surface area contributed by atoms with Crippen LogP contribution in [0.2, 0.25) is 0 Å². The number of hydrogen-bond donors (Lipinski definition) is 2. The number of hydrogen-bond acceptors (Lipinski definition) is 2. The highest BCUT2D eigenvalue weighted by atomic mass is 19.1. The maximum absolute atomic E-state index is 13.1. The molecule has 0 aliphatic carbocycles. The third-order valence-corrected chi connectivity index (χ3v) is 4.01. The van der Waals surface area contributed by atoms with Crippen molar-refractivity contribution in [2.45, 2.75) is 39.7 Å². The highest BCUT2D eigenvalue weighted by Gasteiger charge is 2.29. The lowest BCUT2D eigenvalue weighted by atomic mass is 9.82. The molecule has 4 heteroatoms. The number of halogens is 1. The number of nitrogens with one attached hydrogen (secondary N) is 2. The van der Waals surface area contributed by atoms with Gasteiger partial charge in [-0.15, -0.1) is 0 Å². The Balaban J connectivity index is 2.06. The number of carbonyl (C=O) groups is 1. The van der Waals surface area contributed by atoms with E-state index in [4.69, 9.17) is 0 Å². The monoisotopic (exact) mass is 292 g/mol. The molecule has 2 unspecified atom stereocenters. The van der Waals surface area contributed by atoms with Crippen molar-refractivity contribution in [2.75, 3.05) is 13.1 Å². The molecule has 0 aromatic heterocycles. The maximum atomic E-state index is 13.1. The van der Waals surface area contributed by atoms with Crippen LogP contribution in [0.25, 0.3) is 0 Å². The predicted octanol–water partition coefficient (Wildman–Crippen LogP) is 3.03. The lowest BCUT2D eigenvalue weighted by Crippen LogP contribution is -2.37. The fourth-order valence-corrected chi connectivity index (χ4v) is 2.83. The van der Waals surface area contributed by atoms with Gasteiger partial charge in [-0.05, 0) is 48.5 Å². The average Bonchev–Trinajstić information content (AvgIpc) is 2.89. The first-order chi connectivity index (χ1) is 9.86. The quantitative estimate of drug-likeness (QED) is 0.895. The van der Waals surface area contributed by atoms with Crippen LogP contribution in [0.4, 0.5) is 4.39 Å². The normalized spacial score (nSPS) is 20.3. The van der Waals surface area contributed by atoms with Crippen molar-refractivity contribution in [1.29, 1.82) is 0 Å². The zero-order valence-electron chi connectivity index (χ0n) is 13.1. The van der Waals surface area contributed by atoms with E-state index in [0.29, 0.717) is 12.3 Å². The van der Waals surface area contributed by atoms with Crippen molar-refractivity contribution in [3.05, 3.63) is 35.6 Å². The molecule has 1 aromatic rings. The molecule has 1 fully saturated rings. The van der Waals surface area contributed by atoms with Gasteiger partial charge in [0, 0.05) is 6.42 Å². The van der Waals surface area contributed by atoms with Crippen molar-refractivity contribution in [3.63, 3.8) is 0 Å². The fourth-order valence-electron chi connectivity index (χ4n) is 2.83. The molecule has 1 aromatic carbocycles. The molecule has 0 bridgehead atoms. The second-order valence-corrected chi connectivity index (χ2v) is 6.98. The smallest absolute Gasteiger partial charge is 0.220 e. The first-order valence-electron chi connectivity index (χ1n) is 7.62. The largest absolute Gasteiger partial charge is 0.349 e. The number of carbonyl (C=O) groups excluding carboxylic acids is 1. The third-order valence-electron chi connectivity index (χ3n) is 4.01. The average molecular weight is 292 g/mol. The Bertz CT molecular complexity index is 473. The molecular weight excluding hydrogens is 267 g/mol. The summed E-state index contributed by atoms with van der Waals surface area (Å²) in [6.07, 6.45) is 1.62. The van der Waals surface area contributed by atoms with Gasteiger partial charge >= 0.3 is 0 Å². The Morgan fingerprint density at radius 3 is 2.57 bits per heavy atom. The molecule has 2 N–H and O–H groups in total. The summed E-state index contributed by atoms with van der Waals surface area (Å²) in [7, 11) is 0. The Morgan fingerprint density at radius 1 is 1.38 bits per heavy atom. The van der Waals surface area contributed by atoms with E-state index in [1.807, 2.05) is 0 Å². The van der Waals surface area contributed by atoms with E-state index in [2.05, 4.69) is 31.4 Å². The maximum Gasteiger partial charge on any atom is 0.220 e. The van der Waals surface area contributed by atoms with Crippen molar-refractivity contribution in [2.24, 2.45) is 11.3 Å². The first kappa shape index (κ1) is 16.0. The van der Waals surface area contributed by atoms with Crippen LogP contribution in [0.3, 0.4) is 0 Å². The van der Waals surface area contributed by atoms with Gasteiger partial charge in [0.2, 0.25) is 5.91 Å². The first-order valence-corrected chi connectivity index (χ1v) is 7.62. The van der Waals surface area contributed by atoms with Gasteiger partial charge in [0.25, 0.3) is 0 Å². The van der Waals surface area contributed by atoms with E-state index in [-0.39, 0.29) is 23.2 Å². The van der Waals surface area contributed by atoms with E-state index in [0.717, 1.165) is 25.1 Å². The number of amides is 1. The molecule has 2 atom stereocenters. The SMILES string of the molecule is CC(C)(C)C(NC(=O)CC1CCNC1)c1ccc(F)cc1. The molecule has 1 aliphatic heterocycles. The number of rotatable bonds is 4. The molecule has 1 saturated heterocycles. The molecule has 0 saturated carbocycles. The number of benzene rings is 1. The van der Waals surface area contributed by atoms with Crippen LogP contribution < -0.4 is 10.6 Å². The van der Waals surface area contributed by atoms with Gasteiger partial charge in [0.1, 0.15) is 5.82 Å².